The van der Waals surface area contributed by atoms with Crippen molar-refractivity contribution in [3.63, 3.8) is 0 Å². The molecule has 0 fully saturated rings. The molecule has 0 radical (unpaired) electrons. The summed E-state index contributed by atoms with van der Waals surface area (Å²) in [6.07, 6.45) is 1.66. The minimum absolute atomic E-state index is 0.213. The van der Waals surface area contributed by atoms with Crippen LogP contribution in [0, 0.1) is 5.82 Å². The van der Waals surface area contributed by atoms with Gasteiger partial charge in [0, 0.05) is 10.7 Å². The van der Waals surface area contributed by atoms with Gasteiger partial charge >= 0.3 is 0 Å². The number of carbonyl (C=O) groups is 1. The lowest BCUT2D eigenvalue weighted by Gasteiger charge is -2.20. The third kappa shape index (κ3) is 3.92. The first-order valence-corrected chi connectivity index (χ1v) is 10.2. The van der Waals surface area contributed by atoms with Crippen molar-refractivity contribution in [3.8, 4) is 0 Å². The normalized spacial score (nSPS) is 11.0. The van der Waals surface area contributed by atoms with E-state index in [9.17, 15) is 9.18 Å². The molecule has 4 rings (SSSR count). The highest BCUT2D eigenvalue weighted by molar-refractivity contribution is 9.10. The molecular weight excluding hydrogens is 465 g/mol. The number of amides is 1. The van der Waals surface area contributed by atoms with E-state index in [4.69, 9.17) is 11.6 Å². The molecule has 0 saturated carbocycles. The minimum Gasteiger partial charge on any atom is -0.278 e. The Bertz CT molecular complexity index is 1170. The first-order chi connectivity index (χ1) is 13.5. The lowest BCUT2D eigenvalue weighted by molar-refractivity contribution is 0.0985. The Labute approximate surface area is 177 Å². The highest BCUT2D eigenvalue weighted by atomic mass is 79.9. The topological polar surface area (TPSA) is 46.1 Å². The summed E-state index contributed by atoms with van der Waals surface area (Å²) in [5.74, 6) is -0.656. The number of rotatable bonds is 4. The zero-order valence-electron chi connectivity index (χ0n) is 14.3. The van der Waals surface area contributed by atoms with Gasteiger partial charge < -0.3 is 0 Å². The lowest BCUT2D eigenvalue weighted by Crippen LogP contribution is -2.31. The Balaban J connectivity index is 1.80. The molecule has 4 nitrogen and oxygen atoms in total. The van der Waals surface area contributed by atoms with Gasteiger partial charge in [-0.2, -0.15) is 0 Å². The molecular formula is C20H12BrClFN3OS. The number of benzene rings is 2. The molecule has 0 bridgehead atoms. The highest BCUT2D eigenvalue weighted by Gasteiger charge is 2.24. The minimum atomic E-state index is -0.347. The second kappa shape index (κ2) is 7.95. The molecule has 0 unspecified atom stereocenters. The van der Waals surface area contributed by atoms with E-state index in [0.29, 0.717) is 31.6 Å². The van der Waals surface area contributed by atoms with E-state index >= 15 is 0 Å². The summed E-state index contributed by atoms with van der Waals surface area (Å²) in [5.41, 5.74) is 1.67. The molecule has 1 amide bonds. The summed E-state index contributed by atoms with van der Waals surface area (Å²) in [6, 6.07) is 14.9. The number of fused-ring (bicyclic) bond motifs is 1. The maximum Gasteiger partial charge on any atom is 0.261 e. The van der Waals surface area contributed by atoms with Crippen molar-refractivity contribution in [3.05, 3.63) is 87.4 Å². The molecule has 0 aliphatic rings. The second-order valence-electron chi connectivity index (χ2n) is 5.95. The number of anilines is 1. The number of nitrogens with zero attached hydrogens (tertiary/aromatic N) is 3. The van der Waals surface area contributed by atoms with Crippen LogP contribution >= 0.6 is 38.9 Å². The van der Waals surface area contributed by atoms with Gasteiger partial charge in [-0.1, -0.05) is 44.9 Å². The van der Waals surface area contributed by atoms with Gasteiger partial charge in [0.2, 0.25) is 0 Å². The molecule has 0 aliphatic carbocycles. The van der Waals surface area contributed by atoms with Gasteiger partial charge in [-0.15, -0.1) is 0 Å². The summed E-state index contributed by atoms with van der Waals surface area (Å²) >= 11 is 10.9. The van der Waals surface area contributed by atoms with Crippen molar-refractivity contribution in [2.24, 2.45) is 0 Å². The number of aromatic nitrogens is 2. The van der Waals surface area contributed by atoms with E-state index in [0.717, 1.165) is 4.47 Å². The van der Waals surface area contributed by atoms with Crippen LogP contribution < -0.4 is 4.90 Å². The fraction of sp³-hybridized carbons (Fsp3) is 0.0500. The number of thiazole rings is 1. The third-order valence-corrected chi connectivity index (χ3v) is 5.88. The van der Waals surface area contributed by atoms with Crippen LogP contribution in [0.25, 0.3) is 10.2 Å². The molecule has 2 heterocycles. The van der Waals surface area contributed by atoms with Crippen LogP contribution in [0.5, 0.6) is 0 Å². The summed E-state index contributed by atoms with van der Waals surface area (Å²) in [5, 5.41) is 0.790. The largest absolute Gasteiger partial charge is 0.278 e. The average molecular weight is 477 g/mol. The van der Waals surface area contributed by atoms with E-state index in [1.807, 2.05) is 12.1 Å². The molecule has 140 valence electrons. The van der Waals surface area contributed by atoms with E-state index in [-0.39, 0.29) is 18.3 Å². The predicted molar refractivity (Wildman–Crippen MR) is 113 cm³/mol. The van der Waals surface area contributed by atoms with E-state index in [1.54, 1.807) is 36.5 Å². The van der Waals surface area contributed by atoms with E-state index < -0.39 is 0 Å². The van der Waals surface area contributed by atoms with Crippen molar-refractivity contribution in [1.29, 1.82) is 0 Å². The first-order valence-electron chi connectivity index (χ1n) is 8.24. The maximum atomic E-state index is 13.6. The van der Waals surface area contributed by atoms with Crippen LogP contribution in [-0.2, 0) is 6.54 Å². The Hall–Kier alpha value is -2.35. The second-order valence-corrected chi connectivity index (χ2v) is 8.28. The van der Waals surface area contributed by atoms with Gasteiger partial charge in [-0.05, 0) is 48.5 Å². The fourth-order valence-electron chi connectivity index (χ4n) is 2.69. The fourth-order valence-corrected chi connectivity index (χ4v) is 4.24. The average Bonchev–Trinajstić information content (AvgIpc) is 3.11. The smallest absolute Gasteiger partial charge is 0.261 e. The Morgan fingerprint density at radius 3 is 2.82 bits per heavy atom. The number of halogens is 3. The lowest BCUT2D eigenvalue weighted by atomic mass is 10.2. The van der Waals surface area contributed by atoms with Gasteiger partial charge in [-0.3, -0.25) is 14.7 Å². The SMILES string of the molecule is O=C(c1cc(Br)ccc1Cl)N(Cc1ccccn1)c1nc2ccc(F)cc2s1. The van der Waals surface area contributed by atoms with Crippen LogP contribution in [0.4, 0.5) is 9.52 Å². The van der Waals surface area contributed by atoms with Gasteiger partial charge in [0.15, 0.2) is 5.13 Å². The number of carbonyl (C=O) groups excluding carboxylic acids is 1. The molecule has 4 aromatic rings. The van der Waals surface area contributed by atoms with Crippen LogP contribution in [0.2, 0.25) is 5.02 Å². The molecule has 0 spiro atoms. The quantitative estimate of drug-likeness (QED) is 0.358. The van der Waals surface area contributed by atoms with Crippen molar-refractivity contribution in [1.82, 2.24) is 9.97 Å². The summed E-state index contributed by atoms with van der Waals surface area (Å²) in [6.45, 7) is 0.213. The summed E-state index contributed by atoms with van der Waals surface area (Å²) in [7, 11) is 0. The maximum absolute atomic E-state index is 13.6. The van der Waals surface area contributed by atoms with Crippen molar-refractivity contribution < 1.29 is 9.18 Å². The molecule has 2 aromatic carbocycles. The van der Waals surface area contributed by atoms with E-state index in [1.165, 1.54) is 28.4 Å². The van der Waals surface area contributed by atoms with Gasteiger partial charge in [0.05, 0.1) is 33.0 Å². The zero-order chi connectivity index (χ0) is 19.7. The monoisotopic (exact) mass is 475 g/mol. The molecule has 0 aliphatic heterocycles. The van der Waals surface area contributed by atoms with E-state index in [2.05, 4.69) is 25.9 Å². The number of pyridine rings is 1. The van der Waals surface area contributed by atoms with Crippen molar-refractivity contribution in [2.45, 2.75) is 6.54 Å². The highest BCUT2D eigenvalue weighted by Crippen LogP contribution is 2.32. The molecule has 0 saturated heterocycles. The Kier molecular flexibility index (Phi) is 5.39. The molecule has 0 atom stereocenters. The number of hydrogen-bond donors (Lipinski definition) is 0. The Morgan fingerprint density at radius 1 is 1.18 bits per heavy atom. The summed E-state index contributed by atoms with van der Waals surface area (Å²) in [4.78, 5) is 23.7. The van der Waals surface area contributed by atoms with Gasteiger partial charge in [0.25, 0.3) is 5.91 Å². The van der Waals surface area contributed by atoms with Crippen LogP contribution in [0.1, 0.15) is 16.1 Å². The predicted octanol–water partition coefficient (Wildman–Crippen LogP) is 6.09. The standard InChI is InChI=1S/C20H12BrClFN3OS/c21-12-4-6-16(22)15(9-12)19(27)26(11-14-3-1-2-8-24-14)20-25-17-7-5-13(23)10-18(17)28-20/h1-10H,11H2. The van der Waals surface area contributed by atoms with Gasteiger partial charge in [0.1, 0.15) is 5.82 Å². The summed E-state index contributed by atoms with van der Waals surface area (Å²) < 4.78 is 15.0. The first kappa shape index (κ1) is 19.0. The van der Waals surface area contributed by atoms with Crippen LogP contribution in [0.3, 0.4) is 0 Å². The zero-order valence-corrected chi connectivity index (χ0v) is 17.4. The Morgan fingerprint density at radius 2 is 2.04 bits per heavy atom. The van der Waals surface area contributed by atoms with Crippen molar-refractivity contribution in [2.75, 3.05) is 4.90 Å². The third-order valence-electron chi connectivity index (χ3n) is 4.02. The van der Waals surface area contributed by atoms with Crippen molar-refractivity contribution >= 4 is 60.1 Å². The number of hydrogen-bond acceptors (Lipinski definition) is 4. The van der Waals surface area contributed by atoms with Crippen LogP contribution in [0.15, 0.2) is 65.3 Å². The molecule has 8 heteroatoms. The van der Waals surface area contributed by atoms with Gasteiger partial charge in [-0.25, -0.2) is 9.37 Å². The molecule has 0 N–H and O–H groups in total. The van der Waals surface area contributed by atoms with Crippen LogP contribution in [-0.4, -0.2) is 15.9 Å². The molecule has 28 heavy (non-hydrogen) atoms. The molecule has 2 aromatic heterocycles.